The van der Waals surface area contributed by atoms with Crippen LogP contribution in [0.15, 0.2) is 29.7 Å². The van der Waals surface area contributed by atoms with E-state index in [1.807, 2.05) is 13.0 Å². The van der Waals surface area contributed by atoms with E-state index in [0.29, 0.717) is 25.6 Å². The fourth-order valence-corrected chi connectivity index (χ4v) is 4.20. The number of aliphatic hydroxyl groups is 1. The van der Waals surface area contributed by atoms with Crippen molar-refractivity contribution in [2.45, 2.75) is 53.6 Å². The van der Waals surface area contributed by atoms with Gasteiger partial charge in [0.15, 0.2) is 5.78 Å². The Balaban J connectivity index is 1.68. The summed E-state index contributed by atoms with van der Waals surface area (Å²) in [5, 5.41) is 13.8. The topological polar surface area (TPSA) is 74.3 Å². The van der Waals surface area contributed by atoms with Gasteiger partial charge in [0.25, 0.3) is 0 Å². The van der Waals surface area contributed by atoms with Crippen LogP contribution in [-0.4, -0.2) is 86.3 Å². The zero-order valence-electron chi connectivity index (χ0n) is 22.0. The number of piperazine rings is 1. The number of allylic oxidation sites excluding steroid dienone is 2. The lowest BCUT2D eigenvalue weighted by Crippen LogP contribution is -2.50. The average molecular weight is 476 g/mol. The van der Waals surface area contributed by atoms with Gasteiger partial charge in [-0.25, -0.2) is 0 Å². The molecule has 1 aliphatic rings. The number of aliphatic hydroxyl groups excluding tert-OH is 1. The molecule has 1 aromatic carbocycles. The Kier molecular flexibility index (Phi) is 11.9. The van der Waals surface area contributed by atoms with E-state index in [1.54, 1.807) is 7.11 Å². The Morgan fingerprint density at radius 3 is 2.35 bits per heavy atom. The molecule has 0 aliphatic carbocycles. The predicted molar refractivity (Wildman–Crippen MR) is 138 cm³/mol. The Labute approximate surface area is 206 Å². The fraction of sp³-hybridized carbons (Fsp3) is 0.667. The van der Waals surface area contributed by atoms with Crippen molar-refractivity contribution >= 4 is 11.5 Å². The summed E-state index contributed by atoms with van der Waals surface area (Å²) in [6.07, 6.45) is 1.37. The van der Waals surface area contributed by atoms with Gasteiger partial charge in [-0.1, -0.05) is 38.5 Å². The molecule has 192 valence electrons. The van der Waals surface area contributed by atoms with E-state index in [2.05, 4.69) is 54.9 Å². The number of nitrogens with one attached hydrogen (secondary N) is 1. The van der Waals surface area contributed by atoms with Crippen LogP contribution in [-0.2, 0) is 14.3 Å². The van der Waals surface area contributed by atoms with Crippen LogP contribution in [0.25, 0.3) is 0 Å². The molecule has 7 heteroatoms. The minimum atomic E-state index is -0.564. The number of para-hydroxylation sites is 1. The molecule has 2 unspecified atom stereocenters. The van der Waals surface area contributed by atoms with Crippen molar-refractivity contribution in [2.24, 2.45) is 5.92 Å². The maximum atomic E-state index is 12.5. The Morgan fingerprint density at radius 1 is 1.15 bits per heavy atom. The largest absolute Gasteiger partial charge is 0.498 e. The first-order chi connectivity index (χ1) is 16.2. The molecule has 1 aliphatic heterocycles. The molecule has 2 N–H and O–H groups in total. The third-order valence-corrected chi connectivity index (χ3v) is 6.64. The van der Waals surface area contributed by atoms with Gasteiger partial charge < -0.3 is 19.9 Å². The van der Waals surface area contributed by atoms with Gasteiger partial charge in [-0.05, 0) is 37.8 Å². The third kappa shape index (κ3) is 9.28. The van der Waals surface area contributed by atoms with Gasteiger partial charge in [0, 0.05) is 44.8 Å². The second-order valence-electron chi connectivity index (χ2n) is 9.60. The monoisotopic (exact) mass is 475 g/mol. The van der Waals surface area contributed by atoms with E-state index < -0.39 is 6.10 Å². The van der Waals surface area contributed by atoms with Crippen molar-refractivity contribution in [3.63, 3.8) is 0 Å². The summed E-state index contributed by atoms with van der Waals surface area (Å²) in [5.41, 5.74) is 3.37. The van der Waals surface area contributed by atoms with E-state index in [0.717, 1.165) is 67.4 Å². The maximum Gasteiger partial charge on any atom is 0.165 e. The van der Waals surface area contributed by atoms with E-state index in [1.165, 1.54) is 0 Å². The van der Waals surface area contributed by atoms with Crippen LogP contribution in [0.1, 0.15) is 44.7 Å². The number of carbonyl (C=O) groups is 1. The van der Waals surface area contributed by atoms with Crippen LogP contribution < -0.4 is 5.32 Å². The van der Waals surface area contributed by atoms with Crippen LogP contribution in [0.3, 0.4) is 0 Å². The first-order valence-electron chi connectivity index (χ1n) is 12.5. The first kappa shape index (κ1) is 28.1. The lowest BCUT2D eigenvalue weighted by molar-refractivity contribution is -0.119. The summed E-state index contributed by atoms with van der Waals surface area (Å²) in [6.45, 7) is 15.3. The minimum Gasteiger partial charge on any atom is -0.498 e. The molecule has 1 fully saturated rings. The summed E-state index contributed by atoms with van der Waals surface area (Å²) in [4.78, 5) is 16.9. The fourth-order valence-electron chi connectivity index (χ4n) is 4.20. The molecular formula is C27H45N3O4. The molecule has 2 atom stereocenters. The van der Waals surface area contributed by atoms with Crippen molar-refractivity contribution in [3.05, 3.63) is 40.8 Å². The first-order valence-corrected chi connectivity index (χ1v) is 12.5. The highest BCUT2D eigenvalue weighted by atomic mass is 16.5. The van der Waals surface area contributed by atoms with E-state index in [9.17, 15) is 9.90 Å². The second kappa shape index (κ2) is 14.3. The molecule has 0 radical (unpaired) electrons. The van der Waals surface area contributed by atoms with E-state index >= 15 is 0 Å². The van der Waals surface area contributed by atoms with Gasteiger partial charge in [0.1, 0.15) is 24.2 Å². The molecule has 0 amide bonds. The average Bonchev–Trinajstić information content (AvgIpc) is 2.81. The number of benzene rings is 1. The van der Waals surface area contributed by atoms with Crippen LogP contribution in [0.5, 0.6) is 0 Å². The molecular weight excluding hydrogens is 430 g/mol. The molecule has 34 heavy (non-hydrogen) atoms. The minimum absolute atomic E-state index is 0.193. The van der Waals surface area contributed by atoms with Gasteiger partial charge in [-0.3, -0.25) is 14.6 Å². The number of carbonyl (C=O) groups excluding carboxylic acids is 1. The molecule has 7 nitrogen and oxygen atoms in total. The summed E-state index contributed by atoms with van der Waals surface area (Å²) in [6, 6.07) is 6.14. The van der Waals surface area contributed by atoms with Crippen LogP contribution in [0.2, 0.25) is 0 Å². The Morgan fingerprint density at radius 2 is 1.76 bits per heavy atom. The van der Waals surface area contributed by atoms with Crippen molar-refractivity contribution in [1.82, 2.24) is 9.80 Å². The number of ether oxygens (including phenoxy) is 2. The van der Waals surface area contributed by atoms with Crippen molar-refractivity contribution in [1.29, 1.82) is 0 Å². The molecule has 1 saturated heterocycles. The maximum absolute atomic E-state index is 12.5. The number of rotatable bonds is 14. The second-order valence-corrected chi connectivity index (χ2v) is 9.60. The number of hydrogen-bond acceptors (Lipinski definition) is 7. The third-order valence-electron chi connectivity index (χ3n) is 6.64. The summed E-state index contributed by atoms with van der Waals surface area (Å²) >= 11 is 0. The lowest BCUT2D eigenvalue weighted by atomic mass is 10.0. The molecule has 0 spiro atoms. The molecule has 0 saturated carbocycles. The number of nitrogens with zero attached hydrogens (tertiary/aromatic N) is 2. The number of β-amino-alcohol motifs (C(OH)–C–C–N with tert-alkyl or cyclic N) is 1. The number of anilines is 1. The Bertz CT molecular complexity index is 783. The molecule has 1 heterocycles. The highest BCUT2D eigenvalue weighted by Crippen LogP contribution is 2.20. The van der Waals surface area contributed by atoms with Crippen LogP contribution in [0, 0.1) is 19.8 Å². The summed E-state index contributed by atoms with van der Waals surface area (Å²) in [7, 11) is 1.67. The number of hydrogen-bond donors (Lipinski definition) is 2. The van der Waals surface area contributed by atoms with Crippen molar-refractivity contribution < 1.29 is 19.4 Å². The predicted octanol–water partition coefficient (Wildman–Crippen LogP) is 3.59. The summed E-state index contributed by atoms with van der Waals surface area (Å²) in [5.74, 6) is 2.33. The van der Waals surface area contributed by atoms with Crippen molar-refractivity contribution in [3.8, 4) is 0 Å². The van der Waals surface area contributed by atoms with Crippen LogP contribution >= 0.6 is 0 Å². The zero-order valence-corrected chi connectivity index (χ0v) is 22.0. The van der Waals surface area contributed by atoms with Gasteiger partial charge in [-0.15, -0.1) is 0 Å². The molecule has 0 aromatic heterocycles. The lowest BCUT2D eigenvalue weighted by Gasteiger charge is -2.35. The number of aryl methyl sites for hydroxylation is 2. The highest BCUT2D eigenvalue weighted by Gasteiger charge is 2.21. The smallest absolute Gasteiger partial charge is 0.165 e. The van der Waals surface area contributed by atoms with Gasteiger partial charge in [0.2, 0.25) is 0 Å². The van der Waals surface area contributed by atoms with E-state index in [4.69, 9.17) is 9.47 Å². The molecule has 0 bridgehead atoms. The summed E-state index contributed by atoms with van der Waals surface area (Å²) < 4.78 is 11.3. The standard InChI is InChI=1S/C27H45N3O4/c1-7-20(2)15-26(33-6)23(5)34-19-25(32)18-30-13-11-29(12-14-30)17-24(31)16-28-27-21(3)9-8-10-22(27)4/h8-10,20,25,28,32H,7,11-19H2,1-6H3. The quantitative estimate of drug-likeness (QED) is 0.398. The van der Waals surface area contributed by atoms with Gasteiger partial charge in [0.05, 0.1) is 20.2 Å². The van der Waals surface area contributed by atoms with Crippen LogP contribution in [0.4, 0.5) is 5.69 Å². The van der Waals surface area contributed by atoms with Gasteiger partial charge >= 0.3 is 0 Å². The number of methoxy groups -OCH3 is 1. The SMILES string of the molecule is CCC(C)CC(OC)=C(C)OCC(O)CN1CCN(CC(=O)CNc2c(C)cccc2C)CC1. The molecule has 1 aromatic rings. The van der Waals surface area contributed by atoms with E-state index in [-0.39, 0.29) is 12.4 Å². The van der Waals surface area contributed by atoms with Crippen molar-refractivity contribution in [2.75, 3.05) is 64.8 Å². The van der Waals surface area contributed by atoms with Gasteiger partial charge in [-0.2, -0.15) is 0 Å². The Hall–Kier alpha value is -2.09. The normalized spacial score (nSPS) is 17.6. The number of ketones is 1. The highest BCUT2D eigenvalue weighted by molar-refractivity contribution is 5.85. The zero-order chi connectivity index (χ0) is 25.1. The number of Topliss-reactive ketones (excluding diaryl/α,β-unsaturated/α-hetero) is 1. The molecule has 2 rings (SSSR count).